The Morgan fingerprint density at radius 3 is 2.90 bits per heavy atom. The maximum atomic E-state index is 12.8. The number of hydrogen-bond acceptors (Lipinski definition) is 6. The van der Waals surface area contributed by atoms with Crippen LogP contribution in [0.4, 0.5) is 0 Å². The molecule has 1 unspecified atom stereocenters. The van der Waals surface area contributed by atoms with Crippen LogP contribution < -0.4 is 0 Å². The number of amides is 1. The number of halogens is 2. The van der Waals surface area contributed by atoms with E-state index in [4.69, 9.17) is 20.8 Å². The zero-order valence-electron chi connectivity index (χ0n) is 14.9. The number of esters is 1. The molecule has 4 rings (SSSR count). The van der Waals surface area contributed by atoms with E-state index in [9.17, 15) is 9.59 Å². The van der Waals surface area contributed by atoms with Crippen molar-refractivity contribution >= 4 is 56.5 Å². The van der Waals surface area contributed by atoms with E-state index in [-0.39, 0.29) is 16.6 Å². The van der Waals surface area contributed by atoms with Gasteiger partial charge in [-0.25, -0.2) is 9.80 Å². The van der Waals surface area contributed by atoms with Gasteiger partial charge in [-0.15, -0.1) is 11.3 Å². The van der Waals surface area contributed by atoms with Gasteiger partial charge in [0.05, 0.1) is 27.4 Å². The van der Waals surface area contributed by atoms with Crippen molar-refractivity contribution in [2.24, 2.45) is 5.10 Å². The SMILES string of the molecule is O=C(OCC(=O)N1N=C(c2cccs2)CC1c1ccco1)c1cc(Br)ccc1Cl. The second kappa shape index (κ2) is 8.52. The molecular weight excluding hydrogens is 480 g/mol. The molecule has 1 aromatic carbocycles. The quantitative estimate of drug-likeness (QED) is 0.453. The minimum atomic E-state index is -0.680. The van der Waals surface area contributed by atoms with Crippen LogP contribution in [0, 0.1) is 0 Å². The number of carbonyl (C=O) groups is 2. The molecule has 2 aromatic heterocycles. The van der Waals surface area contributed by atoms with E-state index in [1.54, 1.807) is 47.9 Å². The zero-order chi connectivity index (χ0) is 20.4. The van der Waals surface area contributed by atoms with Crippen LogP contribution in [0.1, 0.15) is 33.5 Å². The van der Waals surface area contributed by atoms with Crippen molar-refractivity contribution in [3.8, 4) is 0 Å². The predicted octanol–water partition coefficient (Wildman–Crippen LogP) is 5.29. The lowest BCUT2D eigenvalue weighted by Gasteiger charge is -2.19. The van der Waals surface area contributed by atoms with Crippen molar-refractivity contribution in [2.75, 3.05) is 6.61 Å². The van der Waals surface area contributed by atoms with Crippen LogP contribution in [-0.2, 0) is 9.53 Å². The van der Waals surface area contributed by atoms with Gasteiger partial charge in [-0.3, -0.25) is 4.79 Å². The highest BCUT2D eigenvalue weighted by molar-refractivity contribution is 9.10. The Morgan fingerprint density at radius 2 is 2.17 bits per heavy atom. The lowest BCUT2D eigenvalue weighted by molar-refractivity contribution is -0.136. The van der Waals surface area contributed by atoms with E-state index in [1.165, 1.54) is 5.01 Å². The van der Waals surface area contributed by atoms with E-state index in [2.05, 4.69) is 21.0 Å². The number of benzene rings is 1. The third-order valence-electron chi connectivity index (χ3n) is 4.32. The molecule has 3 aromatic rings. The summed E-state index contributed by atoms with van der Waals surface area (Å²) in [5.74, 6) is -0.506. The lowest BCUT2D eigenvalue weighted by Crippen LogP contribution is -2.31. The van der Waals surface area contributed by atoms with Crippen molar-refractivity contribution in [1.82, 2.24) is 5.01 Å². The highest BCUT2D eigenvalue weighted by Gasteiger charge is 2.35. The van der Waals surface area contributed by atoms with Crippen molar-refractivity contribution in [3.63, 3.8) is 0 Å². The average Bonchev–Trinajstić information content (AvgIpc) is 3.47. The monoisotopic (exact) mass is 492 g/mol. The van der Waals surface area contributed by atoms with E-state index >= 15 is 0 Å². The summed E-state index contributed by atoms with van der Waals surface area (Å²) in [5, 5.41) is 8.00. The van der Waals surface area contributed by atoms with Gasteiger partial charge in [0.15, 0.2) is 6.61 Å². The summed E-state index contributed by atoms with van der Waals surface area (Å²) in [6.45, 7) is -0.458. The number of nitrogens with zero attached hydrogens (tertiary/aromatic N) is 2. The highest BCUT2D eigenvalue weighted by Crippen LogP contribution is 2.34. The summed E-state index contributed by atoms with van der Waals surface area (Å²) in [6.07, 6.45) is 2.07. The predicted molar refractivity (Wildman–Crippen MR) is 113 cm³/mol. The molecule has 6 nitrogen and oxygen atoms in total. The summed E-state index contributed by atoms with van der Waals surface area (Å²) >= 11 is 10.9. The van der Waals surface area contributed by atoms with Crippen molar-refractivity contribution in [2.45, 2.75) is 12.5 Å². The molecule has 9 heteroatoms. The van der Waals surface area contributed by atoms with Gasteiger partial charge in [0.1, 0.15) is 11.8 Å². The number of rotatable bonds is 5. The molecule has 0 N–H and O–H groups in total. The van der Waals surface area contributed by atoms with Crippen molar-refractivity contribution in [1.29, 1.82) is 0 Å². The molecule has 1 aliphatic heterocycles. The molecule has 0 radical (unpaired) electrons. The van der Waals surface area contributed by atoms with Crippen LogP contribution in [0.25, 0.3) is 0 Å². The largest absolute Gasteiger partial charge is 0.467 e. The lowest BCUT2D eigenvalue weighted by atomic mass is 10.1. The third kappa shape index (κ3) is 4.29. The number of hydrogen-bond donors (Lipinski definition) is 0. The fraction of sp³-hybridized carbons (Fsp3) is 0.150. The maximum absolute atomic E-state index is 12.8. The van der Waals surface area contributed by atoms with E-state index in [0.29, 0.717) is 16.7 Å². The first-order valence-electron chi connectivity index (χ1n) is 8.62. The first-order chi connectivity index (χ1) is 14.0. The Morgan fingerprint density at radius 1 is 1.31 bits per heavy atom. The normalized spacial score (nSPS) is 16.0. The molecule has 1 aliphatic rings. The Labute approximate surface area is 183 Å². The van der Waals surface area contributed by atoms with Gasteiger partial charge in [0.2, 0.25) is 0 Å². The average molecular weight is 494 g/mol. The van der Waals surface area contributed by atoms with Gasteiger partial charge >= 0.3 is 5.97 Å². The van der Waals surface area contributed by atoms with Crippen molar-refractivity contribution in [3.05, 3.63) is 79.8 Å². The molecule has 1 atom stereocenters. The first-order valence-corrected chi connectivity index (χ1v) is 10.7. The Bertz CT molecular complexity index is 1070. The minimum Gasteiger partial charge on any atom is -0.467 e. The third-order valence-corrected chi connectivity index (χ3v) is 6.06. The van der Waals surface area contributed by atoms with Crippen LogP contribution in [0.5, 0.6) is 0 Å². The van der Waals surface area contributed by atoms with Gasteiger partial charge in [-0.2, -0.15) is 5.10 Å². The van der Waals surface area contributed by atoms with Crippen LogP contribution in [0.2, 0.25) is 5.02 Å². The summed E-state index contributed by atoms with van der Waals surface area (Å²) in [4.78, 5) is 26.1. The fourth-order valence-corrected chi connectivity index (χ4v) is 4.24. The zero-order valence-corrected chi connectivity index (χ0v) is 18.0. The van der Waals surface area contributed by atoms with Crippen LogP contribution >= 0.6 is 38.9 Å². The summed E-state index contributed by atoms with van der Waals surface area (Å²) < 4.78 is 11.4. The standard InChI is InChI=1S/C20H14BrClN2O4S/c21-12-5-6-14(22)13(9-12)20(26)28-11-19(25)24-16(17-3-1-7-27-17)10-15(23-24)18-4-2-8-29-18/h1-9,16H,10-11H2. The molecular formula is C20H14BrClN2O4S. The Balaban J connectivity index is 1.50. The second-order valence-electron chi connectivity index (χ2n) is 6.20. The number of hydrazone groups is 1. The van der Waals surface area contributed by atoms with E-state index in [0.717, 1.165) is 10.6 Å². The molecule has 0 aliphatic carbocycles. The smallest absolute Gasteiger partial charge is 0.340 e. The van der Waals surface area contributed by atoms with E-state index in [1.807, 2.05) is 17.5 Å². The molecule has 148 valence electrons. The maximum Gasteiger partial charge on any atom is 0.340 e. The molecule has 0 saturated heterocycles. The van der Waals surface area contributed by atoms with Gasteiger partial charge < -0.3 is 9.15 Å². The summed E-state index contributed by atoms with van der Waals surface area (Å²) in [7, 11) is 0. The Hall–Kier alpha value is -2.42. The second-order valence-corrected chi connectivity index (χ2v) is 8.47. The number of thiophene rings is 1. The number of furan rings is 1. The molecule has 3 heterocycles. The van der Waals surface area contributed by atoms with Gasteiger partial charge in [0.25, 0.3) is 5.91 Å². The van der Waals surface area contributed by atoms with Crippen molar-refractivity contribution < 1.29 is 18.7 Å². The van der Waals surface area contributed by atoms with Crippen LogP contribution in [-0.4, -0.2) is 29.2 Å². The van der Waals surface area contributed by atoms with E-state index < -0.39 is 18.5 Å². The summed E-state index contributed by atoms with van der Waals surface area (Å²) in [6, 6.07) is 11.9. The molecule has 0 bridgehead atoms. The first kappa shape index (κ1) is 19.9. The van der Waals surface area contributed by atoms with Gasteiger partial charge in [0, 0.05) is 10.9 Å². The highest BCUT2D eigenvalue weighted by atomic mass is 79.9. The number of ether oxygens (including phenoxy) is 1. The van der Waals surface area contributed by atoms with Gasteiger partial charge in [-0.1, -0.05) is 33.6 Å². The van der Waals surface area contributed by atoms with Crippen LogP contribution in [0.3, 0.4) is 0 Å². The molecule has 0 spiro atoms. The molecule has 0 saturated carbocycles. The molecule has 29 heavy (non-hydrogen) atoms. The minimum absolute atomic E-state index is 0.181. The Kier molecular flexibility index (Phi) is 5.84. The number of carbonyl (C=O) groups excluding carboxylic acids is 2. The van der Waals surface area contributed by atoms with Crippen LogP contribution in [0.15, 0.2) is 68.1 Å². The summed E-state index contributed by atoms with van der Waals surface area (Å²) in [5.41, 5.74) is 0.969. The fourth-order valence-electron chi connectivity index (χ4n) is 2.96. The molecule has 1 amide bonds. The molecule has 0 fully saturated rings. The topological polar surface area (TPSA) is 72.1 Å². The van der Waals surface area contributed by atoms with Gasteiger partial charge in [-0.05, 0) is 41.8 Å².